The predicted molar refractivity (Wildman–Crippen MR) is 101 cm³/mol. The predicted octanol–water partition coefficient (Wildman–Crippen LogP) is 3.87. The maximum absolute atomic E-state index is 12.4. The van der Waals surface area contributed by atoms with Crippen molar-refractivity contribution in [1.29, 1.82) is 0 Å². The SMILES string of the molecule is O=C(C1CC1)N1CCc2cc(C3CC3CCC3CCNCC3)ccc21. The maximum Gasteiger partial charge on any atom is 0.230 e. The number of nitrogens with zero attached hydrogens (tertiary/aromatic N) is 1. The first-order valence-electron chi connectivity index (χ1n) is 10.4. The van der Waals surface area contributed by atoms with E-state index in [0.29, 0.717) is 11.8 Å². The molecule has 4 aliphatic rings. The highest BCUT2D eigenvalue weighted by atomic mass is 16.2. The zero-order valence-corrected chi connectivity index (χ0v) is 15.2. The molecule has 1 amide bonds. The molecule has 1 N–H and O–H groups in total. The summed E-state index contributed by atoms with van der Waals surface area (Å²) >= 11 is 0. The number of hydrogen-bond acceptors (Lipinski definition) is 2. The van der Waals surface area contributed by atoms with Crippen molar-refractivity contribution >= 4 is 11.6 Å². The van der Waals surface area contributed by atoms with Crippen molar-refractivity contribution in [2.24, 2.45) is 17.8 Å². The van der Waals surface area contributed by atoms with E-state index in [1.54, 1.807) is 0 Å². The Kier molecular flexibility index (Phi) is 4.08. The molecule has 25 heavy (non-hydrogen) atoms. The van der Waals surface area contributed by atoms with Crippen LogP contribution in [0.1, 0.15) is 62.0 Å². The van der Waals surface area contributed by atoms with Crippen molar-refractivity contribution in [3.63, 3.8) is 0 Å². The molecule has 3 fully saturated rings. The lowest BCUT2D eigenvalue weighted by Gasteiger charge is -2.22. The molecular formula is C22H30N2O. The van der Waals surface area contributed by atoms with Gasteiger partial charge in [-0.15, -0.1) is 0 Å². The number of anilines is 1. The average molecular weight is 338 g/mol. The van der Waals surface area contributed by atoms with Crippen LogP contribution in [0.5, 0.6) is 0 Å². The van der Waals surface area contributed by atoms with Gasteiger partial charge in [0.2, 0.25) is 5.91 Å². The molecule has 3 nitrogen and oxygen atoms in total. The molecule has 134 valence electrons. The Morgan fingerprint density at radius 1 is 1.12 bits per heavy atom. The van der Waals surface area contributed by atoms with Crippen molar-refractivity contribution in [3.05, 3.63) is 29.3 Å². The van der Waals surface area contributed by atoms with Crippen molar-refractivity contribution in [1.82, 2.24) is 5.32 Å². The Morgan fingerprint density at radius 3 is 2.76 bits per heavy atom. The molecule has 2 heterocycles. The molecule has 0 bridgehead atoms. The van der Waals surface area contributed by atoms with E-state index in [2.05, 4.69) is 28.4 Å². The summed E-state index contributed by atoms with van der Waals surface area (Å²) in [5, 5.41) is 3.47. The second kappa shape index (κ2) is 6.42. The number of amides is 1. The number of fused-ring (bicyclic) bond motifs is 1. The monoisotopic (exact) mass is 338 g/mol. The number of piperidine rings is 1. The number of carbonyl (C=O) groups is 1. The van der Waals surface area contributed by atoms with E-state index >= 15 is 0 Å². The van der Waals surface area contributed by atoms with Gasteiger partial charge in [0.25, 0.3) is 0 Å². The number of rotatable bonds is 5. The third-order valence-electron chi connectivity index (χ3n) is 6.95. The Balaban J connectivity index is 1.19. The molecule has 2 saturated carbocycles. The summed E-state index contributed by atoms with van der Waals surface area (Å²) < 4.78 is 0. The minimum Gasteiger partial charge on any atom is -0.317 e. The highest BCUT2D eigenvalue weighted by molar-refractivity contribution is 5.98. The standard InChI is InChI=1S/C22H30N2O/c25-22(16-3-4-16)24-12-9-19-13-17(5-6-21(19)24)20-14-18(20)2-1-15-7-10-23-11-8-15/h5-6,13,15-16,18,20,23H,1-4,7-12,14H2. The van der Waals surface area contributed by atoms with Crippen molar-refractivity contribution < 1.29 is 4.79 Å². The quantitative estimate of drug-likeness (QED) is 0.884. The summed E-state index contributed by atoms with van der Waals surface area (Å²) in [6.45, 7) is 3.34. The van der Waals surface area contributed by atoms with Crippen LogP contribution in [0, 0.1) is 17.8 Å². The van der Waals surface area contributed by atoms with Crippen molar-refractivity contribution in [3.8, 4) is 0 Å². The lowest BCUT2D eigenvalue weighted by Crippen LogP contribution is -2.30. The molecule has 1 aromatic rings. The lowest BCUT2D eigenvalue weighted by molar-refractivity contribution is -0.119. The van der Waals surface area contributed by atoms with Gasteiger partial charge in [0, 0.05) is 18.2 Å². The maximum atomic E-state index is 12.4. The topological polar surface area (TPSA) is 32.3 Å². The summed E-state index contributed by atoms with van der Waals surface area (Å²) in [6.07, 6.45) is 10.2. The van der Waals surface area contributed by atoms with Crippen LogP contribution in [0.15, 0.2) is 18.2 Å². The smallest absolute Gasteiger partial charge is 0.230 e. The van der Waals surface area contributed by atoms with Crippen LogP contribution >= 0.6 is 0 Å². The van der Waals surface area contributed by atoms with Gasteiger partial charge in [0.1, 0.15) is 0 Å². The van der Waals surface area contributed by atoms with E-state index < -0.39 is 0 Å². The van der Waals surface area contributed by atoms with Gasteiger partial charge < -0.3 is 10.2 Å². The van der Waals surface area contributed by atoms with Crippen molar-refractivity contribution in [2.75, 3.05) is 24.5 Å². The van der Waals surface area contributed by atoms with E-state index in [4.69, 9.17) is 0 Å². The first-order valence-corrected chi connectivity index (χ1v) is 10.4. The van der Waals surface area contributed by atoms with E-state index in [1.165, 1.54) is 62.0 Å². The van der Waals surface area contributed by atoms with Crippen LogP contribution in [0.3, 0.4) is 0 Å². The fourth-order valence-electron chi connectivity index (χ4n) is 5.03. The zero-order valence-electron chi connectivity index (χ0n) is 15.2. The zero-order chi connectivity index (χ0) is 16.8. The van der Waals surface area contributed by atoms with E-state index in [-0.39, 0.29) is 0 Å². The molecule has 3 heteroatoms. The summed E-state index contributed by atoms with van der Waals surface area (Å²) in [5.41, 5.74) is 4.15. The molecule has 0 aromatic heterocycles. The Morgan fingerprint density at radius 2 is 1.96 bits per heavy atom. The molecule has 1 aromatic carbocycles. The Bertz CT molecular complexity index is 660. The Labute approximate surface area is 151 Å². The minimum atomic E-state index is 0.327. The van der Waals surface area contributed by atoms with Crippen molar-refractivity contribution in [2.45, 2.75) is 57.3 Å². The second-order valence-electron chi connectivity index (χ2n) is 8.78. The molecular weight excluding hydrogens is 308 g/mol. The lowest BCUT2D eigenvalue weighted by atomic mass is 9.91. The second-order valence-corrected chi connectivity index (χ2v) is 8.78. The van der Waals surface area contributed by atoms with Gasteiger partial charge in [-0.25, -0.2) is 0 Å². The Hall–Kier alpha value is -1.35. The molecule has 1 saturated heterocycles. The van der Waals surface area contributed by atoms with Gasteiger partial charge >= 0.3 is 0 Å². The third kappa shape index (κ3) is 3.23. The fourth-order valence-corrected chi connectivity index (χ4v) is 5.03. The molecule has 2 unspecified atom stereocenters. The van der Waals surface area contributed by atoms with Gasteiger partial charge in [-0.1, -0.05) is 18.6 Å². The molecule has 5 rings (SSSR count). The largest absolute Gasteiger partial charge is 0.317 e. The van der Waals surface area contributed by atoms with Gasteiger partial charge in [-0.3, -0.25) is 4.79 Å². The summed E-state index contributed by atoms with van der Waals surface area (Å²) in [7, 11) is 0. The van der Waals surface area contributed by atoms with Gasteiger partial charge in [0.15, 0.2) is 0 Å². The van der Waals surface area contributed by atoms with Crippen LogP contribution in [-0.4, -0.2) is 25.5 Å². The summed E-state index contributed by atoms with van der Waals surface area (Å²) in [5.74, 6) is 3.37. The van der Waals surface area contributed by atoms with Crippen LogP contribution in [-0.2, 0) is 11.2 Å². The molecule has 2 aliphatic carbocycles. The van der Waals surface area contributed by atoms with Crippen LogP contribution < -0.4 is 10.2 Å². The number of hydrogen-bond donors (Lipinski definition) is 1. The molecule has 2 atom stereocenters. The molecule has 0 spiro atoms. The van der Waals surface area contributed by atoms with E-state index in [0.717, 1.165) is 43.6 Å². The first-order chi connectivity index (χ1) is 12.3. The van der Waals surface area contributed by atoms with Crippen LogP contribution in [0.2, 0.25) is 0 Å². The van der Waals surface area contributed by atoms with E-state index in [9.17, 15) is 4.79 Å². The van der Waals surface area contributed by atoms with Gasteiger partial charge in [0.05, 0.1) is 0 Å². The average Bonchev–Trinajstić information content (AvgIpc) is 3.57. The number of carbonyl (C=O) groups excluding carboxylic acids is 1. The fraction of sp³-hybridized carbons (Fsp3) is 0.682. The first kappa shape index (κ1) is 15.9. The number of nitrogens with one attached hydrogen (secondary N) is 1. The van der Waals surface area contributed by atoms with Gasteiger partial charge in [-0.05, 0) is 93.0 Å². The molecule has 2 aliphatic heterocycles. The minimum absolute atomic E-state index is 0.327. The number of benzene rings is 1. The van der Waals surface area contributed by atoms with Crippen LogP contribution in [0.4, 0.5) is 5.69 Å². The van der Waals surface area contributed by atoms with Gasteiger partial charge in [-0.2, -0.15) is 0 Å². The third-order valence-corrected chi connectivity index (χ3v) is 6.95. The molecule has 0 radical (unpaired) electrons. The van der Waals surface area contributed by atoms with Crippen LogP contribution in [0.25, 0.3) is 0 Å². The normalized spacial score (nSPS) is 28.9. The summed E-state index contributed by atoms with van der Waals surface area (Å²) in [4.78, 5) is 14.5. The highest BCUT2D eigenvalue weighted by Gasteiger charge is 2.40. The van der Waals surface area contributed by atoms with E-state index in [1.807, 2.05) is 0 Å². The summed E-state index contributed by atoms with van der Waals surface area (Å²) in [6, 6.07) is 6.97. The highest BCUT2D eigenvalue weighted by Crippen LogP contribution is 2.51.